The van der Waals surface area contributed by atoms with Gasteiger partial charge in [-0.3, -0.25) is 4.68 Å². The molecule has 0 atom stereocenters. The molecule has 5 nitrogen and oxygen atoms in total. The number of hydrogen-bond acceptors (Lipinski definition) is 3. The van der Waals surface area contributed by atoms with Gasteiger partial charge >= 0.3 is 20.4 Å². The van der Waals surface area contributed by atoms with Crippen LogP contribution in [0.3, 0.4) is 0 Å². The molecule has 0 N–H and O–H groups in total. The van der Waals surface area contributed by atoms with Crippen molar-refractivity contribution in [1.82, 2.24) is 19.3 Å². The van der Waals surface area contributed by atoms with E-state index >= 15 is 0 Å². The van der Waals surface area contributed by atoms with Crippen molar-refractivity contribution in [2.75, 3.05) is 0 Å². The van der Waals surface area contributed by atoms with Crippen LogP contribution >= 0.6 is 0 Å². The van der Waals surface area contributed by atoms with E-state index in [0.717, 1.165) is 63.0 Å². The number of fused-ring (bicyclic) bond motifs is 3. The molecular weight excluding hydrogens is 671 g/mol. The first kappa shape index (κ1) is 32.4. The number of rotatable bonds is 7. The zero-order valence-corrected chi connectivity index (χ0v) is 29.2. The van der Waals surface area contributed by atoms with Gasteiger partial charge in [0.25, 0.3) is 0 Å². The molecular formula is C41H38N4OPd. The van der Waals surface area contributed by atoms with Gasteiger partial charge in [0, 0.05) is 34.5 Å². The monoisotopic (exact) mass is 708 g/mol. The Balaban J connectivity index is 0.00000386. The first-order chi connectivity index (χ1) is 22.2. The summed E-state index contributed by atoms with van der Waals surface area (Å²) in [6.45, 7) is 13.1. The third-order valence-electron chi connectivity index (χ3n) is 8.62. The third-order valence-corrected chi connectivity index (χ3v) is 8.62. The van der Waals surface area contributed by atoms with Crippen LogP contribution in [-0.2, 0) is 38.7 Å². The first-order valence-electron chi connectivity index (χ1n) is 16.1. The van der Waals surface area contributed by atoms with Gasteiger partial charge in [-0.25, -0.2) is 4.98 Å². The zero-order valence-electron chi connectivity index (χ0n) is 27.7. The Morgan fingerprint density at radius 1 is 0.787 bits per heavy atom. The summed E-state index contributed by atoms with van der Waals surface area (Å²) in [6, 6.07) is 38.7. The normalized spacial score (nSPS) is 11.6. The van der Waals surface area contributed by atoms with Crippen molar-refractivity contribution >= 4 is 21.8 Å². The molecule has 0 spiro atoms. The second-order valence-electron chi connectivity index (χ2n) is 12.9. The molecule has 7 aromatic rings. The second kappa shape index (κ2) is 13.0. The van der Waals surface area contributed by atoms with Crippen molar-refractivity contribution in [2.45, 2.75) is 59.8 Å². The van der Waals surface area contributed by atoms with E-state index in [-0.39, 0.29) is 25.8 Å². The largest absolute Gasteiger partial charge is 2.00 e. The summed E-state index contributed by atoms with van der Waals surface area (Å²) >= 11 is 0. The molecule has 0 radical (unpaired) electrons. The summed E-state index contributed by atoms with van der Waals surface area (Å²) in [6.07, 6.45) is 3.53. The van der Waals surface area contributed by atoms with Gasteiger partial charge in [0.2, 0.25) is 0 Å². The van der Waals surface area contributed by atoms with Gasteiger partial charge in [0.15, 0.2) is 0 Å². The van der Waals surface area contributed by atoms with Crippen LogP contribution in [0.1, 0.15) is 57.1 Å². The van der Waals surface area contributed by atoms with E-state index in [1.54, 1.807) is 0 Å². The van der Waals surface area contributed by atoms with Gasteiger partial charge in [-0.15, -0.1) is 41.3 Å². The van der Waals surface area contributed by atoms with E-state index in [4.69, 9.17) is 14.8 Å². The van der Waals surface area contributed by atoms with Crippen molar-refractivity contribution < 1.29 is 25.2 Å². The van der Waals surface area contributed by atoms with Gasteiger partial charge in [0.1, 0.15) is 5.82 Å². The van der Waals surface area contributed by atoms with E-state index in [1.807, 2.05) is 18.3 Å². The number of aryl methyl sites for hydroxylation is 2. The summed E-state index contributed by atoms with van der Waals surface area (Å²) in [5.74, 6) is 2.11. The van der Waals surface area contributed by atoms with Crippen molar-refractivity contribution in [2.24, 2.45) is 0 Å². The minimum atomic E-state index is -0.117. The molecule has 0 aliphatic rings. The Kier molecular flexibility index (Phi) is 8.94. The Morgan fingerprint density at radius 3 is 2.28 bits per heavy atom. The molecule has 238 valence electrons. The zero-order chi connectivity index (χ0) is 32.0. The van der Waals surface area contributed by atoms with Gasteiger partial charge in [-0.1, -0.05) is 88.7 Å². The first-order valence-corrected chi connectivity index (χ1v) is 16.1. The van der Waals surface area contributed by atoms with E-state index in [9.17, 15) is 0 Å². The molecule has 0 aliphatic heterocycles. The van der Waals surface area contributed by atoms with Crippen molar-refractivity contribution in [3.05, 3.63) is 132 Å². The quantitative estimate of drug-likeness (QED) is 0.122. The fourth-order valence-corrected chi connectivity index (χ4v) is 6.28. The van der Waals surface area contributed by atoms with Gasteiger partial charge < -0.3 is 9.30 Å². The van der Waals surface area contributed by atoms with Crippen LogP contribution in [0, 0.1) is 19.1 Å². The number of hydrogen-bond donors (Lipinski definition) is 0. The summed E-state index contributed by atoms with van der Waals surface area (Å²) in [5, 5.41) is 7.40. The van der Waals surface area contributed by atoms with Gasteiger partial charge in [-0.2, -0.15) is 11.2 Å². The molecule has 0 saturated carbocycles. The Labute approximate surface area is 290 Å². The number of ether oxygens (including phenoxy) is 1. The van der Waals surface area contributed by atoms with E-state index in [0.29, 0.717) is 11.5 Å². The van der Waals surface area contributed by atoms with Crippen LogP contribution in [0.25, 0.3) is 44.4 Å². The minimum Gasteiger partial charge on any atom is -0.509 e. The van der Waals surface area contributed by atoms with Crippen LogP contribution in [0.2, 0.25) is 0 Å². The second-order valence-corrected chi connectivity index (χ2v) is 12.9. The van der Waals surface area contributed by atoms with Crippen LogP contribution in [-0.4, -0.2) is 19.3 Å². The van der Waals surface area contributed by atoms with E-state index < -0.39 is 0 Å². The summed E-state index contributed by atoms with van der Waals surface area (Å²) < 4.78 is 10.9. The summed E-state index contributed by atoms with van der Waals surface area (Å²) in [5.41, 5.74) is 9.69. The van der Waals surface area contributed by atoms with Gasteiger partial charge in [-0.05, 0) is 65.6 Å². The number of benzene rings is 4. The van der Waals surface area contributed by atoms with E-state index in [2.05, 4.69) is 142 Å². The number of pyridine rings is 1. The fourth-order valence-electron chi connectivity index (χ4n) is 6.28. The molecule has 3 aromatic heterocycles. The number of nitrogens with zero attached hydrogens (tertiary/aromatic N) is 4. The van der Waals surface area contributed by atoms with E-state index in [1.165, 1.54) is 16.8 Å². The topological polar surface area (TPSA) is 44.9 Å². The third kappa shape index (κ3) is 6.05. The van der Waals surface area contributed by atoms with Crippen molar-refractivity contribution in [1.29, 1.82) is 0 Å². The molecule has 47 heavy (non-hydrogen) atoms. The average molecular weight is 709 g/mol. The SMILES string of the molecule is CCc1nn(-c2[c-]c(Oc3[c-]c4c(cc3)c3ccccc3n4-c3cc(C)ccn3)cc(C(C)(C)C)c2)c(CC)c1-c1ccccc1.[Pd+2]. The Bertz CT molecular complexity index is 2210. The molecule has 0 unspecified atom stereocenters. The molecule has 0 aliphatic carbocycles. The molecule has 0 amide bonds. The van der Waals surface area contributed by atoms with Crippen LogP contribution in [0.15, 0.2) is 97.2 Å². The fraction of sp³-hybridized carbons (Fsp3) is 0.220. The van der Waals surface area contributed by atoms with Gasteiger partial charge in [0.05, 0.1) is 5.69 Å². The average Bonchev–Trinajstić information content (AvgIpc) is 3.60. The molecule has 3 heterocycles. The maximum atomic E-state index is 6.63. The van der Waals surface area contributed by atoms with Crippen molar-refractivity contribution in [3.63, 3.8) is 0 Å². The smallest absolute Gasteiger partial charge is 0.509 e. The standard InChI is InChI=1S/C41H38N4O.Pd/c1-7-35-40(28-14-10-9-11-15-28)36(8-2)45(43-35)30-23-29(41(4,5)6)24-32(25-30)46-31-18-19-34-33-16-12-13-17-37(33)44(38(34)26-31)39-22-27(3)20-21-42-39;/h9-24H,7-8H2,1-6H3;/q-2;+2. The summed E-state index contributed by atoms with van der Waals surface area (Å²) in [7, 11) is 0. The molecule has 7 rings (SSSR count). The molecule has 0 fully saturated rings. The maximum Gasteiger partial charge on any atom is 2.00 e. The molecule has 6 heteroatoms. The number of aromatic nitrogens is 4. The van der Waals surface area contributed by atoms with Crippen molar-refractivity contribution in [3.8, 4) is 34.1 Å². The molecule has 4 aromatic carbocycles. The Morgan fingerprint density at radius 2 is 1.55 bits per heavy atom. The van der Waals surface area contributed by atoms with Crippen LogP contribution in [0.5, 0.6) is 11.5 Å². The predicted molar refractivity (Wildman–Crippen MR) is 188 cm³/mol. The predicted octanol–water partition coefficient (Wildman–Crippen LogP) is 10.2. The van der Waals surface area contributed by atoms with Crippen LogP contribution in [0.4, 0.5) is 0 Å². The number of para-hydroxylation sites is 1. The molecule has 0 saturated heterocycles. The minimum absolute atomic E-state index is 0. The maximum absolute atomic E-state index is 6.63. The Hall–Kier alpha value is -4.50. The van der Waals surface area contributed by atoms with Crippen LogP contribution < -0.4 is 4.74 Å². The molecule has 0 bridgehead atoms. The summed E-state index contributed by atoms with van der Waals surface area (Å²) in [4.78, 5) is 4.72.